The first-order valence-electron chi connectivity index (χ1n) is 7.17. The summed E-state index contributed by atoms with van der Waals surface area (Å²) in [5, 5.41) is 11.6. The first-order valence-corrected chi connectivity index (χ1v) is 7.99. The molecule has 1 aromatic heterocycles. The molecule has 3 rings (SSSR count). The third-order valence-corrected chi connectivity index (χ3v) is 4.36. The fraction of sp³-hybridized carbons (Fsp3) is 0.267. The fourth-order valence-corrected chi connectivity index (χ4v) is 3.01. The van der Waals surface area contributed by atoms with E-state index in [9.17, 15) is 14.4 Å². The minimum Gasteiger partial charge on any atom is -0.301 e. The summed E-state index contributed by atoms with van der Waals surface area (Å²) in [4.78, 5) is 37.0. The van der Waals surface area contributed by atoms with Crippen molar-refractivity contribution >= 4 is 34.2 Å². The molecule has 7 nitrogen and oxygen atoms in total. The van der Waals surface area contributed by atoms with Crippen LogP contribution in [0.25, 0.3) is 0 Å². The standard InChI is InChI=1S/C15H14N4O3S/c1-2-11(20)16-15-18-17-12(23-15)7-8-19-13(21)9-5-3-4-6-10(9)14(19)22/h3-6H,2,7-8H2,1H3,(H,16,18,20). The van der Waals surface area contributed by atoms with Gasteiger partial charge in [-0.1, -0.05) is 30.4 Å². The van der Waals surface area contributed by atoms with Crippen molar-refractivity contribution in [3.05, 3.63) is 40.4 Å². The molecule has 1 aliphatic heterocycles. The van der Waals surface area contributed by atoms with E-state index >= 15 is 0 Å². The van der Waals surface area contributed by atoms with Crippen molar-refractivity contribution in [2.24, 2.45) is 0 Å². The number of hydrogen-bond donors (Lipinski definition) is 1. The average Bonchev–Trinajstić information content (AvgIpc) is 3.10. The highest BCUT2D eigenvalue weighted by atomic mass is 32.1. The van der Waals surface area contributed by atoms with Crippen LogP contribution in [0.4, 0.5) is 5.13 Å². The quantitative estimate of drug-likeness (QED) is 0.843. The van der Waals surface area contributed by atoms with E-state index in [1.165, 1.54) is 16.2 Å². The van der Waals surface area contributed by atoms with Crippen molar-refractivity contribution in [2.75, 3.05) is 11.9 Å². The molecular formula is C15H14N4O3S. The van der Waals surface area contributed by atoms with Gasteiger partial charge in [0.05, 0.1) is 11.1 Å². The number of nitrogens with zero attached hydrogens (tertiary/aromatic N) is 3. The van der Waals surface area contributed by atoms with Crippen LogP contribution < -0.4 is 5.32 Å². The van der Waals surface area contributed by atoms with Crippen molar-refractivity contribution in [1.82, 2.24) is 15.1 Å². The Bertz CT molecular complexity index is 752. The molecule has 1 N–H and O–H groups in total. The van der Waals surface area contributed by atoms with E-state index in [2.05, 4.69) is 15.5 Å². The summed E-state index contributed by atoms with van der Waals surface area (Å²) in [6.45, 7) is 1.99. The summed E-state index contributed by atoms with van der Waals surface area (Å²) >= 11 is 1.24. The van der Waals surface area contributed by atoms with E-state index in [4.69, 9.17) is 0 Å². The van der Waals surface area contributed by atoms with Crippen LogP contribution in [0.15, 0.2) is 24.3 Å². The zero-order chi connectivity index (χ0) is 16.4. The van der Waals surface area contributed by atoms with Gasteiger partial charge in [-0.2, -0.15) is 0 Å². The topological polar surface area (TPSA) is 92.3 Å². The third-order valence-electron chi connectivity index (χ3n) is 3.46. The van der Waals surface area contributed by atoms with Gasteiger partial charge in [-0.25, -0.2) is 0 Å². The van der Waals surface area contributed by atoms with Crippen molar-refractivity contribution in [2.45, 2.75) is 19.8 Å². The molecule has 2 aromatic rings. The first-order chi connectivity index (χ1) is 11.1. The highest BCUT2D eigenvalue weighted by Gasteiger charge is 2.34. The van der Waals surface area contributed by atoms with Gasteiger partial charge < -0.3 is 5.32 Å². The Morgan fingerprint density at radius 2 is 1.83 bits per heavy atom. The van der Waals surface area contributed by atoms with E-state index in [1.54, 1.807) is 31.2 Å². The second-order valence-corrected chi connectivity index (χ2v) is 6.02. The lowest BCUT2D eigenvalue weighted by Gasteiger charge is -2.11. The molecule has 23 heavy (non-hydrogen) atoms. The Morgan fingerprint density at radius 1 is 1.17 bits per heavy atom. The van der Waals surface area contributed by atoms with Crippen LogP contribution in [-0.4, -0.2) is 39.4 Å². The Labute approximate surface area is 136 Å². The predicted molar refractivity (Wildman–Crippen MR) is 84.3 cm³/mol. The Kier molecular flexibility index (Phi) is 4.16. The zero-order valence-corrected chi connectivity index (χ0v) is 13.2. The van der Waals surface area contributed by atoms with E-state index in [1.807, 2.05) is 0 Å². The fourth-order valence-electron chi connectivity index (χ4n) is 2.26. The van der Waals surface area contributed by atoms with Gasteiger partial charge in [0.2, 0.25) is 11.0 Å². The molecule has 2 heterocycles. The second kappa shape index (κ2) is 6.25. The lowest BCUT2D eigenvalue weighted by molar-refractivity contribution is -0.115. The Balaban J connectivity index is 1.65. The van der Waals surface area contributed by atoms with Gasteiger partial charge in [0, 0.05) is 19.4 Å². The summed E-state index contributed by atoms with van der Waals surface area (Å²) in [6, 6.07) is 6.78. The SMILES string of the molecule is CCC(=O)Nc1nnc(CCN2C(=O)c3ccccc3C2=O)s1. The molecule has 0 spiro atoms. The maximum absolute atomic E-state index is 12.2. The first kappa shape index (κ1) is 15.3. The van der Waals surface area contributed by atoms with Crippen LogP contribution in [0.5, 0.6) is 0 Å². The lowest BCUT2D eigenvalue weighted by Crippen LogP contribution is -2.31. The van der Waals surface area contributed by atoms with Crippen LogP contribution in [0, 0.1) is 0 Å². The van der Waals surface area contributed by atoms with Crippen molar-refractivity contribution < 1.29 is 14.4 Å². The lowest BCUT2D eigenvalue weighted by atomic mass is 10.1. The molecular weight excluding hydrogens is 316 g/mol. The molecule has 0 saturated heterocycles. The van der Waals surface area contributed by atoms with Gasteiger partial charge in [0.15, 0.2) is 0 Å². The van der Waals surface area contributed by atoms with Gasteiger partial charge in [-0.15, -0.1) is 10.2 Å². The van der Waals surface area contributed by atoms with E-state index in [0.717, 1.165) is 0 Å². The van der Waals surface area contributed by atoms with Crippen LogP contribution in [0.3, 0.4) is 0 Å². The summed E-state index contributed by atoms with van der Waals surface area (Å²) in [7, 11) is 0. The molecule has 0 aliphatic carbocycles. The van der Waals surface area contributed by atoms with Gasteiger partial charge in [0.25, 0.3) is 11.8 Å². The monoisotopic (exact) mass is 330 g/mol. The van der Waals surface area contributed by atoms with Crippen LogP contribution in [0.1, 0.15) is 39.1 Å². The maximum atomic E-state index is 12.2. The molecule has 3 amide bonds. The molecule has 0 unspecified atom stereocenters. The minimum atomic E-state index is -0.283. The van der Waals surface area contributed by atoms with Crippen molar-refractivity contribution in [3.8, 4) is 0 Å². The molecule has 0 radical (unpaired) electrons. The van der Waals surface area contributed by atoms with Gasteiger partial charge in [-0.3, -0.25) is 19.3 Å². The summed E-state index contributed by atoms with van der Waals surface area (Å²) < 4.78 is 0. The van der Waals surface area contributed by atoms with Gasteiger partial charge >= 0.3 is 0 Å². The number of fused-ring (bicyclic) bond motifs is 1. The second-order valence-electron chi connectivity index (χ2n) is 4.96. The normalized spacial score (nSPS) is 13.3. The molecule has 1 aliphatic rings. The number of nitrogens with one attached hydrogen (secondary N) is 1. The van der Waals surface area contributed by atoms with Crippen LogP contribution >= 0.6 is 11.3 Å². The highest BCUT2D eigenvalue weighted by molar-refractivity contribution is 7.15. The number of carbonyl (C=O) groups excluding carboxylic acids is 3. The van der Waals surface area contributed by atoms with Crippen molar-refractivity contribution in [3.63, 3.8) is 0 Å². The van der Waals surface area contributed by atoms with E-state index < -0.39 is 0 Å². The maximum Gasteiger partial charge on any atom is 0.261 e. The number of benzene rings is 1. The highest BCUT2D eigenvalue weighted by Crippen LogP contribution is 2.23. The van der Waals surface area contributed by atoms with Gasteiger partial charge in [0.1, 0.15) is 5.01 Å². The number of imide groups is 1. The number of aromatic nitrogens is 2. The Morgan fingerprint density at radius 3 is 2.43 bits per heavy atom. The molecule has 0 atom stereocenters. The Hall–Kier alpha value is -2.61. The van der Waals surface area contributed by atoms with E-state index in [-0.39, 0.29) is 24.3 Å². The molecule has 0 saturated carbocycles. The molecule has 0 fully saturated rings. The van der Waals surface area contributed by atoms with E-state index in [0.29, 0.717) is 34.1 Å². The average molecular weight is 330 g/mol. The number of hydrogen-bond acceptors (Lipinski definition) is 6. The number of carbonyl (C=O) groups is 3. The third kappa shape index (κ3) is 2.98. The molecule has 0 bridgehead atoms. The largest absolute Gasteiger partial charge is 0.301 e. The van der Waals surface area contributed by atoms with Crippen LogP contribution in [0.2, 0.25) is 0 Å². The van der Waals surface area contributed by atoms with Crippen molar-refractivity contribution in [1.29, 1.82) is 0 Å². The number of rotatable bonds is 5. The summed E-state index contributed by atoms with van der Waals surface area (Å²) in [6.07, 6.45) is 0.773. The minimum absolute atomic E-state index is 0.131. The number of amides is 3. The van der Waals surface area contributed by atoms with Gasteiger partial charge in [-0.05, 0) is 12.1 Å². The zero-order valence-electron chi connectivity index (χ0n) is 12.4. The molecule has 118 valence electrons. The predicted octanol–water partition coefficient (Wildman–Crippen LogP) is 1.73. The number of anilines is 1. The smallest absolute Gasteiger partial charge is 0.261 e. The summed E-state index contributed by atoms with van der Waals surface area (Å²) in [5.41, 5.74) is 0.872. The summed E-state index contributed by atoms with van der Waals surface area (Å²) in [5.74, 6) is -0.697. The molecule has 1 aromatic carbocycles. The van der Waals surface area contributed by atoms with Crippen LogP contribution in [-0.2, 0) is 11.2 Å². The molecule has 8 heteroatoms.